The number of benzene rings is 2. The normalized spacial score (nSPS) is 16.3. The lowest BCUT2D eigenvalue weighted by atomic mass is 10.0. The maximum atomic E-state index is 13.9. The highest BCUT2D eigenvalue weighted by Crippen LogP contribution is 2.40. The molecule has 2 heterocycles. The monoisotopic (exact) mass is 773 g/mol. The Labute approximate surface area is 301 Å². The van der Waals surface area contributed by atoms with Crippen molar-refractivity contribution in [1.29, 1.82) is 0 Å². The molecule has 0 spiro atoms. The fourth-order valence-electron chi connectivity index (χ4n) is 4.91. The quantitative estimate of drug-likeness (QED) is 0.112. The van der Waals surface area contributed by atoms with Crippen LogP contribution < -0.4 is 18.9 Å². The molecule has 5 rings (SSSR count). The van der Waals surface area contributed by atoms with Crippen molar-refractivity contribution in [2.75, 3.05) is 27.8 Å². The van der Waals surface area contributed by atoms with E-state index in [2.05, 4.69) is 4.74 Å². The Morgan fingerprint density at radius 2 is 1.76 bits per heavy atom. The molecular formula is C32H31Cl2F2N3O9S2. The van der Waals surface area contributed by atoms with Gasteiger partial charge < -0.3 is 29.1 Å². The first-order valence-electron chi connectivity index (χ1n) is 14.9. The summed E-state index contributed by atoms with van der Waals surface area (Å²) in [6.07, 6.45) is 3.71. The molecule has 1 aliphatic carbocycles. The van der Waals surface area contributed by atoms with Gasteiger partial charge in [-0.05, 0) is 60.1 Å². The molecule has 1 aromatic heterocycles. The van der Waals surface area contributed by atoms with Crippen molar-refractivity contribution >= 4 is 56.9 Å². The number of esters is 1. The van der Waals surface area contributed by atoms with Gasteiger partial charge in [0.15, 0.2) is 29.3 Å². The number of aromatic nitrogens is 1. The number of alkyl halides is 2. The summed E-state index contributed by atoms with van der Waals surface area (Å²) in [6, 6.07) is 7.74. The number of thioether (sulfide) groups is 1. The van der Waals surface area contributed by atoms with Crippen LogP contribution in [0.4, 0.5) is 8.78 Å². The summed E-state index contributed by atoms with van der Waals surface area (Å²) in [6.45, 7) is -2.89. The number of methoxy groups -OCH3 is 1. The van der Waals surface area contributed by atoms with Crippen molar-refractivity contribution in [3.05, 3.63) is 92.3 Å². The zero-order valence-corrected chi connectivity index (χ0v) is 29.9. The van der Waals surface area contributed by atoms with Crippen molar-refractivity contribution in [1.82, 2.24) is 9.21 Å². The summed E-state index contributed by atoms with van der Waals surface area (Å²) in [4.78, 5) is 27.6. The molecule has 50 heavy (non-hydrogen) atoms. The van der Waals surface area contributed by atoms with E-state index >= 15 is 0 Å². The number of amides is 1. The molecule has 0 bridgehead atoms. The average molecular weight is 775 g/mol. The smallest absolute Gasteiger partial charge is 0.387 e. The van der Waals surface area contributed by atoms with E-state index in [1.807, 2.05) is 0 Å². The largest absolute Gasteiger partial charge is 0.619 e. The topological polar surface area (TPSA) is 139 Å². The minimum Gasteiger partial charge on any atom is -0.619 e. The van der Waals surface area contributed by atoms with E-state index < -0.39 is 40.0 Å². The van der Waals surface area contributed by atoms with Crippen LogP contribution >= 0.6 is 35.0 Å². The number of sulfonamides is 1. The third-order valence-electron chi connectivity index (χ3n) is 7.66. The molecule has 2 aliphatic rings. The van der Waals surface area contributed by atoms with E-state index in [1.165, 1.54) is 68.0 Å². The Hall–Kier alpha value is -3.99. The van der Waals surface area contributed by atoms with Gasteiger partial charge >= 0.3 is 12.6 Å². The zero-order valence-electron chi connectivity index (χ0n) is 26.8. The van der Waals surface area contributed by atoms with Crippen molar-refractivity contribution in [2.45, 2.75) is 42.2 Å². The molecule has 2 aromatic carbocycles. The third-order valence-corrected chi connectivity index (χ3v) is 11.1. The summed E-state index contributed by atoms with van der Waals surface area (Å²) in [5.74, 6) is -1.36. The second-order valence-corrected chi connectivity index (χ2v) is 15.1. The molecule has 268 valence electrons. The molecule has 1 aliphatic heterocycles. The Kier molecular flexibility index (Phi) is 11.5. The van der Waals surface area contributed by atoms with Gasteiger partial charge in [0.1, 0.15) is 21.9 Å². The van der Waals surface area contributed by atoms with Crippen LogP contribution in [0.25, 0.3) is 0 Å². The molecule has 3 aromatic rings. The molecule has 1 amide bonds. The maximum Gasteiger partial charge on any atom is 0.387 e. The Morgan fingerprint density at radius 3 is 2.38 bits per heavy atom. The minimum atomic E-state index is -4.44. The first-order chi connectivity index (χ1) is 23.7. The van der Waals surface area contributed by atoms with Gasteiger partial charge in [0.2, 0.25) is 0 Å². The second-order valence-electron chi connectivity index (χ2n) is 11.4. The lowest BCUT2D eigenvalue weighted by Gasteiger charge is -2.27. The highest BCUT2D eigenvalue weighted by molar-refractivity contribution is 8.04. The Bertz CT molecular complexity index is 1890. The standard InChI is InChI=1S/C32H31Cl2F2N3O9S2/c1-37(2)29(40)22-13-20(7-9-25(22)45-3)50(43,44)39-10-11-49-30(39)31(41)47-27(14-21-23(33)15-38(42)16-24(21)34)19-6-8-26(48-32(35)36)28(12-19)46-17-18-4-5-18/h6-13,15-16,18,27,30,32H,4-5,14,17H2,1-3H3/t27?,30-/m0/s1. The molecule has 1 unspecified atom stereocenters. The van der Waals surface area contributed by atoms with Gasteiger partial charge in [-0.25, -0.2) is 17.5 Å². The summed E-state index contributed by atoms with van der Waals surface area (Å²) in [7, 11) is -0.0958. The number of halogens is 4. The van der Waals surface area contributed by atoms with Crippen LogP contribution in [0, 0.1) is 11.1 Å². The van der Waals surface area contributed by atoms with Gasteiger partial charge in [0.05, 0.1) is 24.2 Å². The molecule has 0 saturated heterocycles. The highest BCUT2D eigenvalue weighted by Gasteiger charge is 2.40. The van der Waals surface area contributed by atoms with Crippen molar-refractivity contribution in [3.63, 3.8) is 0 Å². The predicted molar refractivity (Wildman–Crippen MR) is 180 cm³/mol. The number of pyridine rings is 1. The fourth-order valence-corrected chi connectivity index (χ4v) is 8.09. The molecule has 18 heteroatoms. The van der Waals surface area contributed by atoms with E-state index in [1.54, 1.807) is 0 Å². The van der Waals surface area contributed by atoms with Gasteiger partial charge in [0.25, 0.3) is 15.9 Å². The van der Waals surface area contributed by atoms with Crippen LogP contribution in [0.1, 0.15) is 40.4 Å². The van der Waals surface area contributed by atoms with E-state index in [0.29, 0.717) is 4.73 Å². The second kappa shape index (κ2) is 15.5. The third kappa shape index (κ3) is 8.48. The lowest BCUT2D eigenvalue weighted by Crippen LogP contribution is -2.38. The van der Waals surface area contributed by atoms with Crippen LogP contribution in [0.3, 0.4) is 0 Å². The summed E-state index contributed by atoms with van der Waals surface area (Å²) in [5, 5.41) is 11.8. The fraction of sp³-hybridized carbons (Fsp3) is 0.344. The van der Waals surface area contributed by atoms with E-state index in [9.17, 15) is 32.0 Å². The first-order valence-corrected chi connectivity index (χ1v) is 18.1. The zero-order chi connectivity index (χ0) is 36.3. The molecular weight excluding hydrogens is 743 g/mol. The highest BCUT2D eigenvalue weighted by atomic mass is 35.5. The Morgan fingerprint density at radius 1 is 1.08 bits per heavy atom. The van der Waals surface area contributed by atoms with Crippen LogP contribution in [0.2, 0.25) is 10.0 Å². The summed E-state index contributed by atoms with van der Waals surface area (Å²) >= 11 is 13.6. The van der Waals surface area contributed by atoms with Crippen LogP contribution in [0.5, 0.6) is 17.2 Å². The van der Waals surface area contributed by atoms with E-state index in [4.69, 9.17) is 37.4 Å². The molecule has 1 fully saturated rings. The van der Waals surface area contributed by atoms with Crippen LogP contribution in [-0.4, -0.2) is 69.3 Å². The van der Waals surface area contributed by atoms with E-state index in [0.717, 1.165) is 47.4 Å². The average Bonchev–Trinajstić information content (AvgIpc) is 3.75. The van der Waals surface area contributed by atoms with Gasteiger partial charge in [-0.3, -0.25) is 4.79 Å². The van der Waals surface area contributed by atoms with Crippen molar-refractivity contribution in [3.8, 4) is 17.2 Å². The van der Waals surface area contributed by atoms with Crippen LogP contribution in [-0.2, 0) is 26.0 Å². The number of nitrogens with zero attached hydrogens (tertiary/aromatic N) is 3. The number of hydrogen-bond acceptors (Lipinski definition) is 10. The number of ether oxygens (including phenoxy) is 4. The minimum absolute atomic E-state index is 0.0106. The van der Waals surface area contributed by atoms with Crippen molar-refractivity contribution < 1.29 is 50.5 Å². The summed E-state index contributed by atoms with van der Waals surface area (Å²) < 4.78 is 77.1. The Balaban J connectivity index is 1.48. The van der Waals surface area contributed by atoms with Gasteiger partial charge in [-0.15, -0.1) is 0 Å². The predicted octanol–water partition coefficient (Wildman–Crippen LogP) is 5.79. The number of carbonyl (C=O) groups is 2. The van der Waals surface area contributed by atoms with Gasteiger partial charge in [0, 0.05) is 32.3 Å². The van der Waals surface area contributed by atoms with Gasteiger partial charge in [-0.2, -0.15) is 13.5 Å². The maximum absolute atomic E-state index is 13.9. The van der Waals surface area contributed by atoms with Gasteiger partial charge in [-0.1, -0.05) is 41.0 Å². The van der Waals surface area contributed by atoms with Crippen LogP contribution in [0.15, 0.2) is 65.3 Å². The molecule has 0 N–H and O–H groups in total. The molecule has 1 saturated carbocycles. The molecule has 2 atom stereocenters. The number of hydrogen-bond donors (Lipinski definition) is 0. The number of rotatable bonds is 14. The SMILES string of the molecule is COc1ccc(S(=O)(=O)N2C=CS[C@H]2C(=O)OC(Cc2c(Cl)c[n+]([O-])cc2Cl)c2ccc(OC(F)F)c(OCC3CC3)c2)cc1C(=O)N(C)C. The molecule has 12 nitrogen and oxygen atoms in total. The van der Waals surface area contributed by atoms with E-state index in [-0.39, 0.29) is 67.8 Å². The first kappa shape index (κ1) is 37.3. The lowest BCUT2D eigenvalue weighted by molar-refractivity contribution is -0.605. The summed E-state index contributed by atoms with van der Waals surface area (Å²) in [5.41, 5.74) is 0.470. The molecule has 0 radical (unpaired) electrons. The number of carbonyl (C=O) groups excluding carboxylic acids is 2. The van der Waals surface area contributed by atoms with Crippen molar-refractivity contribution in [2.24, 2.45) is 5.92 Å².